The van der Waals surface area contributed by atoms with Gasteiger partial charge in [0.1, 0.15) is 5.75 Å². The first-order chi connectivity index (χ1) is 9.53. The molecule has 0 radical (unpaired) electrons. The average molecular weight is 311 g/mol. The van der Waals surface area contributed by atoms with Crippen LogP contribution in [0.5, 0.6) is 5.75 Å². The Morgan fingerprint density at radius 3 is 2.75 bits per heavy atom. The van der Waals surface area contributed by atoms with E-state index in [9.17, 15) is 8.42 Å². The van der Waals surface area contributed by atoms with Crippen LogP contribution in [-0.2, 0) is 9.84 Å². The molecule has 0 unspecified atom stereocenters. The second-order valence-corrected chi connectivity index (χ2v) is 5.94. The van der Waals surface area contributed by atoms with Crippen molar-refractivity contribution in [3.05, 3.63) is 52.8 Å². The molecule has 104 valence electrons. The SMILES string of the molecule is COc1ccnc(S(=O)(=O)/C=C/c2ncccc2Cl)c1. The van der Waals surface area contributed by atoms with Gasteiger partial charge in [0.25, 0.3) is 0 Å². The van der Waals surface area contributed by atoms with Crippen molar-refractivity contribution < 1.29 is 13.2 Å². The molecular weight excluding hydrogens is 300 g/mol. The molecule has 0 atom stereocenters. The summed E-state index contributed by atoms with van der Waals surface area (Å²) >= 11 is 5.90. The number of aromatic nitrogens is 2. The van der Waals surface area contributed by atoms with Gasteiger partial charge in [-0.2, -0.15) is 0 Å². The normalized spacial score (nSPS) is 11.7. The van der Waals surface area contributed by atoms with Gasteiger partial charge < -0.3 is 4.74 Å². The lowest BCUT2D eigenvalue weighted by Crippen LogP contribution is -2.00. The highest BCUT2D eigenvalue weighted by Gasteiger charge is 2.13. The minimum Gasteiger partial charge on any atom is -0.497 e. The highest BCUT2D eigenvalue weighted by Crippen LogP contribution is 2.19. The van der Waals surface area contributed by atoms with Crippen molar-refractivity contribution in [1.82, 2.24) is 9.97 Å². The van der Waals surface area contributed by atoms with Gasteiger partial charge in [-0.3, -0.25) is 4.98 Å². The fourth-order valence-electron chi connectivity index (χ4n) is 1.42. The summed E-state index contributed by atoms with van der Waals surface area (Å²) in [6.45, 7) is 0. The number of rotatable bonds is 4. The highest BCUT2D eigenvalue weighted by atomic mass is 35.5. The number of halogens is 1. The molecule has 0 saturated heterocycles. The van der Waals surface area contributed by atoms with Crippen molar-refractivity contribution in [2.45, 2.75) is 5.03 Å². The van der Waals surface area contributed by atoms with E-state index in [-0.39, 0.29) is 5.03 Å². The lowest BCUT2D eigenvalue weighted by atomic mass is 10.3. The Hall–Kier alpha value is -1.92. The Balaban J connectivity index is 2.34. The molecule has 2 rings (SSSR count). The quantitative estimate of drug-likeness (QED) is 0.868. The molecule has 0 aliphatic heterocycles. The van der Waals surface area contributed by atoms with Gasteiger partial charge in [0.05, 0.1) is 17.8 Å². The Labute approximate surface area is 121 Å². The molecule has 0 spiro atoms. The van der Waals surface area contributed by atoms with Gasteiger partial charge in [-0.15, -0.1) is 0 Å². The van der Waals surface area contributed by atoms with Gasteiger partial charge in [-0.25, -0.2) is 13.4 Å². The first kappa shape index (κ1) is 14.5. The van der Waals surface area contributed by atoms with Crippen LogP contribution in [0.25, 0.3) is 6.08 Å². The van der Waals surface area contributed by atoms with Crippen LogP contribution in [0.4, 0.5) is 0 Å². The number of hydrogen-bond donors (Lipinski definition) is 0. The fourth-order valence-corrected chi connectivity index (χ4v) is 2.54. The molecular formula is C13H11ClN2O3S. The van der Waals surface area contributed by atoms with E-state index in [1.165, 1.54) is 31.6 Å². The summed E-state index contributed by atoms with van der Waals surface area (Å²) in [5.74, 6) is 0.419. The van der Waals surface area contributed by atoms with E-state index < -0.39 is 9.84 Å². The predicted molar refractivity (Wildman–Crippen MR) is 76.3 cm³/mol. The van der Waals surface area contributed by atoms with Crippen LogP contribution in [0.2, 0.25) is 5.02 Å². The van der Waals surface area contributed by atoms with E-state index in [1.807, 2.05) is 0 Å². The number of hydrogen-bond acceptors (Lipinski definition) is 5. The van der Waals surface area contributed by atoms with E-state index in [0.29, 0.717) is 16.5 Å². The van der Waals surface area contributed by atoms with E-state index in [2.05, 4.69) is 9.97 Å². The molecule has 0 aromatic carbocycles. The van der Waals surface area contributed by atoms with Crippen molar-refractivity contribution in [3.63, 3.8) is 0 Å². The number of sulfone groups is 1. The summed E-state index contributed by atoms with van der Waals surface area (Å²) in [4.78, 5) is 7.80. The third kappa shape index (κ3) is 3.34. The Morgan fingerprint density at radius 2 is 2.05 bits per heavy atom. The van der Waals surface area contributed by atoms with E-state index in [1.54, 1.807) is 18.2 Å². The number of methoxy groups -OCH3 is 1. The topological polar surface area (TPSA) is 69.2 Å². The second-order valence-electron chi connectivity index (χ2n) is 3.75. The summed E-state index contributed by atoms with van der Waals surface area (Å²) in [7, 11) is -2.22. The zero-order valence-corrected chi connectivity index (χ0v) is 12.1. The minimum absolute atomic E-state index is 0.0971. The summed E-state index contributed by atoms with van der Waals surface area (Å²) in [5, 5.41) is 1.29. The Kier molecular flexibility index (Phi) is 4.36. The van der Waals surface area contributed by atoms with E-state index in [0.717, 1.165) is 5.41 Å². The zero-order chi connectivity index (χ0) is 14.6. The summed E-state index contributed by atoms with van der Waals surface area (Å²) < 4.78 is 29.2. The van der Waals surface area contributed by atoms with Crippen LogP contribution in [0.1, 0.15) is 5.69 Å². The predicted octanol–water partition coefficient (Wildman–Crippen LogP) is 2.58. The maximum atomic E-state index is 12.1. The van der Waals surface area contributed by atoms with Crippen LogP contribution in [0.15, 0.2) is 47.1 Å². The molecule has 2 heterocycles. The molecule has 0 fully saturated rings. The molecule has 0 aliphatic rings. The highest BCUT2D eigenvalue weighted by molar-refractivity contribution is 7.94. The van der Waals surface area contributed by atoms with Crippen molar-refractivity contribution in [3.8, 4) is 5.75 Å². The van der Waals surface area contributed by atoms with Crippen LogP contribution < -0.4 is 4.74 Å². The van der Waals surface area contributed by atoms with Crippen molar-refractivity contribution in [1.29, 1.82) is 0 Å². The van der Waals surface area contributed by atoms with Crippen LogP contribution >= 0.6 is 11.6 Å². The van der Waals surface area contributed by atoms with Crippen molar-refractivity contribution in [2.24, 2.45) is 0 Å². The standard InChI is InChI=1S/C13H11ClN2O3S/c1-19-10-4-7-16-13(9-10)20(17,18)8-5-12-11(14)3-2-6-15-12/h2-9H,1H3/b8-5+. The molecule has 0 amide bonds. The minimum atomic E-state index is -3.68. The molecule has 0 aliphatic carbocycles. The maximum absolute atomic E-state index is 12.1. The third-order valence-corrected chi connectivity index (χ3v) is 4.05. The summed E-state index contributed by atoms with van der Waals surface area (Å²) in [5.41, 5.74) is 0.376. The maximum Gasteiger partial charge on any atom is 0.217 e. The van der Waals surface area contributed by atoms with Gasteiger partial charge in [0.2, 0.25) is 9.84 Å². The van der Waals surface area contributed by atoms with Gasteiger partial charge in [0.15, 0.2) is 5.03 Å². The first-order valence-electron chi connectivity index (χ1n) is 5.56. The third-order valence-electron chi connectivity index (χ3n) is 2.43. The van der Waals surface area contributed by atoms with Crippen LogP contribution in [0.3, 0.4) is 0 Å². The van der Waals surface area contributed by atoms with Crippen LogP contribution in [-0.4, -0.2) is 25.5 Å². The molecule has 5 nitrogen and oxygen atoms in total. The summed E-state index contributed by atoms with van der Waals surface area (Å²) in [6, 6.07) is 6.21. The van der Waals surface area contributed by atoms with E-state index in [4.69, 9.17) is 16.3 Å². The molecule has 0 saturated carbocycles. The van der Waals surface area contributed by atoms with Gasteiger partial charge >= 0.3 is 0 Å². The van der Waals surface area contributed by atoms with Crippen molar-refractivity contribution in [2.75, 3.05) is 7.11 Å². The molecule has 2 aromatic rings. The zero-order valence-electron chi connectivity index (χ0n) is 10.5. The smallest absolute Gasteiger partial charge is 0.217 e. The lowest BCUT2D eigenvalue weighted by molar-refractivity contribution is 0.412. The van der Waals surface area contributed by atoms with Gasteiger partial charge in [0, 0.05) is 23.9 Å². The number of pyridine rings is 2. The lowest BCUT2D eigenvalue weighted by Gasteiger charge is -2.02. The van der Waals surface area contributed by atoms with E-state index >= 15 is 0 Å². The average Bonchev–Trinajstić information content (AvgIpc) is 2.46. The molecule has 7 heteroatoms. The molecule has 0 bridgehead atoms. The Morgan fingerprint density at radius 1 is 1.25 bits per heavy atom. The first-order valence-corrected chi connectivity index (χ1v) is 7.49. The molecule has 2 aromatic heterocycles. The number of ether oxygens (including phenoxy) is 1. The van der Waals surface area contributed by atoms with Crippen LogP contribution in [0, 0.1) is 0 Å². The molecule has 0 N–H and O–H groups in total. The monoisotopic (exact) mass is 310 g/mol. The second kappa shape index (κ2) is 6.02. The van der Waals surface area contributed by atoms with Gasteiger partial charge in [-0.05, 0) is 24.3 Å². The fraction of sp³-hybridized carbons (Fsp3) is 0.0769. The Bertz CT molecular complexity index is 745. The number of nitrogens with zero attached hydrogens (tertiary/aromatic N) is 2. The summed E-state index contributed by atoms with van der Waals surface area (Å²) in [6.07, 6.45) is 4.23. The molecule has 20 heavy (non-hydrogen) atoms. The largest absolute Gasteiger partial charge is 0.497 e. The van der Waals surface area contributed by atoms with Gasteiger partial charge in [-0.1, -0.05) is 11.6 Å². The van der Waals surface area contributed by atoms with Crippen molar-refractivity contribution >= 4 is 27.5 Å².